The number of hydrogen-bond donors (Lipinski definition) is 1. The second-order valence-corrected chi connectivity index (χ2v) is 1.69. The highest BCUT2D eigenvalue weighted by molar-refractivity contribution is 5.92. The predicted octanol–water partition coefficient (Wildman–Crippen LogP) is 1.10. The van der Waals surface area contributed by atoms with Gasteiger partial charge in [0.05, 0.1) is 12.5 Å². The van der Waals surface area contributed by atoms with Crippen LogP contribution >= 0.6 is 12.4 Å². The van der Waals surface area contributed by atoms with Gasteiger partial charge in [0.2, 0.25) is 12.0 Å². The van der Waals surface area contributed by atoms with Crippen LogP contribution in [-0.4, -0.2) is 23.0 Å². The van der Waals surface area contributed by atoms with Crippen LogP contribution < -0.4 is 0 Å². The van der Waals surface area contributed by atoms with Crippen LogP contribution in [0.4, 0.5) is 5.82 Å². The molecule has 7 heteroatoms. The molecule has 1 heterocycles. The number of methoxy groups -OCH3 is 1. The maximum Gasteiger partial charge on any atom is 0.497 e. The monoisotopic (exact) mass is 189 g/mol. The molecule has 6 nitrogen and oxygen atoms in total. The van der Waals surface area contributed by atoms with Crippen LogP contribution in [0.15, 0.2) is 6.33 Å². The number of nitrogens with zero attached hydrogens (tertiary/aromatic N) is 3. The number of aromatic amines is 1. The molecule has 0 atom stereocenters. The molecule has 0 aliphatic heterocycles. The summed E-state index contributed by atoms with van der Waals surface area (Å²) in [5.74, 6) is -0.688. The number of diazo groups is 1. The van der Waals surface area contributed by atoms with E-state index in [9.17, 15) is 4.79 Å². The largest absolute Gasteiger partial charge is 0.497 e. The van der Waals surface area contributed by atoms with Crippen molar-refractivity contribution in [2.24, 2.45) is 0 Å². The fourth-order valence-corrected chi connectivity index (χ4v) is 0.615. The summed E-state index contributed by atoms with van der Waals surface area (Å²) in [6.07, 6.45) is 1.24. The Kier molecular flexibility index (Phi) is 3.73. The molecule has 0 saturated heterocycles. The molecule has 1 N–H and O–H groups in total. The van der Waals surface area contributed by atoms with Crippen LogP contribution in [0, 0.1) is 5.39 Å². The first-order chi connectivity index (χ1) is 5.29. The Hall–Kier alpha value is -1.61. The molecule has 1 aromatic heterocycles. The van der Waals surface area contributed by atoms with Gasteiger partial charge >= 0.3 is 11.8 Å². The summed E-state index contributed by atoms with van der Waals surface area (Å²) in [7, 11) is 1.23. The Labute approximate surface area is 74.0 Å². The van der Waals surface area contributed by atoms with Crippen LogP contribution in [-0.2, 0) is 4.74 Å². The molecule has 0 aromatic carbocycles. The minimum Gasteiger partial charge on any atom is -0.464 e. The maximum absolute atomic E-state index is 10.8. The van der Waals surface area contributed by atoms with Crippen molar-refractivity contribution in [2.45, 2.75) is 0 Å². The molecule has 64 valence electrons. The number of carbonyl (C=O) groups is 1. The topological polar surface area (TPSA) is 83.1 Å². The third-order valence-electron chi connectivity index (χ3n) is 1.10. The molecule has 1 aromatic rings. The predicted molar refractivity (Wildman–Crippen MR) is 41.9 cm³/mol. The van der Waals surface area contributed by atoms with Crippen molar-refractivity contribution in [1.82, 2.24) is 9.97 Å². The minimum absolute atomic E-state index is 0. The summed E-state index contributed by atoms with van der Waals surface area (Å²) in [5, 5.41) is 8.29. The lowest BCUT2D eigenvalue weighted by atomic mass is 10.4. The lowest BCUT2D eigenvalue weighted by Crippen LogP contribution is -2.01. The molecule has 0 fully saturated rings. The number of aromatic nitrogens is 2. The third-order valence-corrected chi connectivity index (χ3v) is 1.10. The van der Waals surface area contributed by atoms with Gasteiger partial charge in [-0.1, -0.05) is 0 Å². The number of esters is 1. The van der Waals surface area contributed by atoms with Crippen LogP contribution in [0.1, 0.15) is 10.5 Å². The van der Waals surface area contributed by atoms with Crippen LogP contribution in [0.3, 0.4) is 0 Å². The van der Waals surface area contributed by atoms with Gasteiger partial charge in [-0.25, -0.2) is 4.79 Å². The van der Waals surface area contributed by atoms with Gasteiger partial charge in [-0.2, -0.15) is 0 Å². The molecule has 0 amide bonds. The number of imidazole rings is 1. The molecule has 0 radical (unpaired) electrons. The Bertz CT molecular complexity index is 315. The molecule has 1 rings (SSSR count). The van der Waals surface area contributed by atoms with E-state index >= 15 is 0 Å². The van der Waals surface area contributed by atoms with Crippen LogP contribution in [0.5, 0.6) is 0 Å². The lowest BCUT2D eigenvalue weighted by molar-refractivity contribution is 0.0596. The first kappa shape index (κ1) is 10.4. The van der Waals surface area contributed by atoms with Gasteiger partial charge in [0.15, 0.2) is 0 Å². The molecular formula is C5H6ClN4O2+. The zero-order chi connectivity index (χ0) is 8.27. The van der Waals surface area contributed by atoms with Crippen LogP contribution in [0.25, 0.3) is 4.98 Å². The van der Waals surface area contributed by atoms with E-state index in [0.717, 1.165) is 0 Å². The van der Waals surface area contributed by atoms with Crippen molar-refractivity contribution in [3.05, 3.63) is 17.0 Å². The minimum atomic E-state index is -0.615. The SMILES string of the molecule is COC(=O)c1[nH]cnc1[N+]#N.Cl. The highest BCUT2D eigenvalue weighted by Crippen LogP contribution is 2.13. The van der Waals surface area contributed by atoms with E-state index in [0.29, 0.717) is 0 Å². The van der Waals surface area contributed by atoms with Gasteiger partial charge in [-0.05, 0) is 4.98 Å². The molecule has 0 aliphatic rings. The zero-order valence-corrected chi connectivity index (χ0v) is 6.96. The molecule has 12 heavy (non-hydrogen) atoms. The van der Waals surface area contributed by atoms with E-state index in [4.69, 9.17) is 5.39 Å². The molecule has 0 bridgehead atoms. The van der Waals surface area contributed by atoms with E-state index < -0.39 is 5.97 Å². The van der Waals surface area contributed by atoms with Crippen LogP contribution in [0.2, 0.25) is 0 Å². The van der Waals surface area contributed by atoms with Crippen molar-refractivity contribution >= 4 is 24.2 Å². The molecule has 0 unspecified atom stereocenters. The van der Waals surface area contributed by atoms with Gasteiger partial charge in [0.1, 0.15) is 0 Å². The number of nitrogens with one attached hydrogen (secondary N) is 1. The average molecular weight is 190 g/mol. The quantitative estimate of drug-likeness (QED) is 0.530. The van der Waals surface area contributed by atoms with E-state index in [2.05, 4.69) is 19.7 Å². The zero-order valence-electron chi connectivity index (χ0n) is 6.14. The molecule has 0 spiro atoms. The van der Waals surface area contributed by atoms with Crippen molar-refractivity contribution in [3.8, 4) is 0 Å². The normalized spacial score (nSPS) is 8.00. The number of H-pyrrole nitrogens is 1. The molecular weight excluding hydrogens is 184 g/mol. The molecule has 0 aliphatic carbocycles. The lowest BCUT2D eigenvalue weighted by Gasteiger charge is -1.88. The van der Waals surface area contributed by atoms with E-state index in [1.807, 2.05) is 0 Å². The second kappa shape index (κ2) is 4.31. The van der Waals surface area contributed by atoms with E-state index in [1.54, 1.807) is 0 Å². The van der Waals surface area contributed by atoms with Gasteiger partial charge in [0.25, 0.3) is 0 Å². The summed E-state index contributed by atoms with van der Waals surface area (Å²) in [6.45, 7) is 0. The highest BCUT2D eigenvalue weighted by Gasteiger charge is 2.24. The Morgan fingerprint density at radius 1 is 1.83 bits per heavy atom. The summed E-state index contributed by atoms with van der Waals surface area (Å²) >= 11 is 0. The fraction of sp³-hybridized carbons (Fsp3) is 0.200. The second-order valence-electron chi connectivity index (χ2n) is 1.69. The summed E-state index contributed by atoms with van der Waals surface area (Å²) < 4.78 is 4.36. The number of halogens is 1. The third kappa shape index (κ3) is 1.71. The number of rotatable bonds is 1. The summed E-state index contributed by atoms with van der Waals surface area (Å²) in [5.41, 5.74) is 0.0370. The fourth-order valence-electron chi connectivity index (χ4n) is 0.615. The first-order valence-corrected chi connectivity index (χ1v) is 2.76. The number of carbonyl (C=O) groups excluding carboxylic acids is 1. The summed E-state index contributed by atoms with van der Waals surface area (Å²) in [6, 6.07) is 0. The Morgan fingerprint density at radius 3 is 3.00 bits per heavy atom. The van der Waals surface area contributed by atoms with Crippen molar-refractivity contribution in [2.75, 3.05) is 7.11 Å². The highest BCUT2D eigenvalue weighted by atomic mass is 35.5. The average Bonchev–Trinajstić information content (AvgIpc) is 2.50. The standard InChI is InChI=1S/C5H4N4O2.ClH/c1-11-5(10)3-4(9-6)8-2-7-3;/h2H,1H3;1H/p+1. The smallest absolute Gasteiger partial charge is 0.464 e. The van der Waals surface area contributed by atoms with Gasteiger partial charge < -0.3 is 9.72 Å². The first-order valence-electron chi connectivity index (χ1n) is 2.76. The molecule has 0 saturated carbocycles. The van der Waals surface area contributed by atoms with Gasteiger partial charge in [-0.15, -0.1) is 12.4 Å². The van der Waals surface area contributed by atoms with Gasteiger partial charge in [0, 0.05) is 4.98 Å². The Morgan fingerprint density at radius 2 is 2.50 bits per heavy atom. The Balaban J connectivity index is 0.00000121. The van der Waals surface area contributed by atoms with E-state index in [-0.39, 0.29) is 23.9 Å². The van der Waals surface area contributed by atoms with Crippen molar-refractivity contribution in [1.29, 1.82) is 5.39 Å². The summed E-state index contributed by atoms with van der Waals surface area (Å²) in [4.78, 5) is 19.5. The van der Waals surface area contributed by atoms with Crippen molar-refractivity contribution in [3.63, 3.8) is 0 Å². The van der Waals surface area contributed by atoms with E-state index in [1.165, 1.54) is 13.4 Å². The van der Waals surface area contributed by atoms with Gasteiger partial charge in [-0.3, -0.25) is 0 Å². The number of ether oxygens (including phenoxy) is 1. The number of hydrogen-bond acceptors (Lipinski definition) is 4. The maximum atomic E-state index is 10.8. The van der Waals surface area contributed by atoms with Crippen molar-refractivity contribution < 1.29 is 9.53 Å².